The maximum atomic E-state index is 14.7. The summed E-state index contributed by atoms with van der Waals surface area (Å²) < 4.78 is 69.8. The largest absolute Gasteiger partial charge is 0.457 e. The lowest BCUT2D eigenvalue weighted by atomic mass is 9.89. The molecule has 5 heteroatoms. The van der Waals surface area contributed by atoms with E-state index in [9.17, 15) is 22.0 Å². The lowest BCUT2D eigenvalue weighted by molar-refractivity contribution is -0.254. The van der Waals surface area contributed by atoms with Gasteiger partial charge >= 0.3 is 12.1 Å². The maximum Gasteiger partial charge on any atom is 0.457 e. The van der Waals surface area contributed by atoms with E-state index in [1.807, 2.05) is 84.9 Å². The molecule has 4 aromatic rings. The van der Waals surface area contributed by atoms with Gasteiger partial charge in [0.15, 0.2) is 0 Å². The first kappa shape index (κ1) is 23.0. The van der Waals surface area contributed by atoms with E-state index in [1.54, 1.807) is 6.07 Å². The number of fused-ring (bicyclic) bond motifs is 3. The van der Waals surface area contributed by atoms with Crippen LogP contribution in [-0.2, 0) is 6.42 Å². The predicted molar refractivity (Wildman–Crippen MR) is 129 cm³/mol. The molecule has 0 unspecified atom stereocenters. The van der Waals surface area contributed by atoms with E-state index in [4.69, 9.17) is 0 Å². The Morgan fingerprint density at radius 3 is 1.74 bits per heavy atom. The zero-order valence-corrected chi connectivity index (χ0v) is 18.8. The van der Waals surface area contributed by atoms with Gasteiger partial charge in [0.2, 0.25) is 0 Å². The minimum Gasteiger partial charge on any atom is -0.191 e. The number of benzene rings is 4. The molecule has 0 fully saturated rings. The third kappa shape index (κ3) is 3.85. The molecule has 0 radical (unpaired) electrons. The molecule has 0 aromatic heterocycles. The van der Waals surface area contributed by atoms with Gasteiger partial charge in [0.25, 0.3) is 0 Å². The summed E-state index contributed by atoms with van der Waals surface area (Å²) in [4.78, 5) is 0. The summed E-state index contributed by atoms with van der Waals surface area (Å²) in [6.07, 6.45) is -5.25. The van der Waals surface area contributed by atoms with Gasteiger partial charge in [0.05, 0.1) is 0 Å². The van der Waals surface area contributed by atoms with Crippen molar-refractivity contribution in [3.63, 3.8) is 0 Å². The van der Waals surface area contributed by atoms with Gasteiger partial charge in [-0.15, -0.1) is 0 Å². The highest BCUT2D eigenvalue weighted by molar-refractivity contribution is 5.85. The Labute approximate surface area is 199 Å². The van der Waals surface area contributed by atoms with E-state index >= 15 is 0 Å². The molecule has 176 valence electrons. The van der Waals surface area contributed by atoms with Gasteiger partial charge in [-0.3, -0.25) is 0 Å². The predicted octanol–water partition coefficient (Wildman–Crippen LogP) is 6.87. The van der Waals surface area contributed by atoms with E-state index in [0.717, 1.165) is 40.3 Å². The molecule has 4 aromatic carbocycles. The zero-order chi connectivity index (χ0) is 24.8. The molecule has 0 heterocycles. The molecule has 0 atom stereocenters. The minimum absolute atomic E-state index is 0.0958. The molecular weight excluding hydrogens is 455 g/mol. The minimum atomic E-state index is -5.70. The van der Waals surface area contributed by atoms with Crippen molar-refractivity contribution in [3.8, 4) is 11.1 Å². The average molecular weight is 476 g/mol. The molecule has 0 aliphatic heterocycles. The topological polar surface area (TPSA) is 0 Å². The molecular formula is C30H21F5. The molecule has 1 aliphatic carbocycles. The van der Waals surface area contributed by atoms with Crippen LogP contribution in [0.25, 0.3) is 22.3 Å². The molecule has 0 spiro atoms. The Morgan fingerprint density at radius 1 is 0.629 bits per heavy atom. The van der Waals surface area contributed by atoms with Crippen molar-refractivity contribution in [1.82, 2.24) is 0 Å². The summed E-state index contributed by atoms with van der Waals surface area (Å²) in [5.41, 5.74) is 4.69. The van der Waals surface area contributed by atoms with Crippen molar-refractivity contribution in [2.45, 2.75) is 25.4 Å². The Hall–Kier alpha value is -3.73. The molecule has 5 rings (SSSR count). The molecule has 0 bridgehead atoms. The fourth-order valence-electron chi connectivity index (χ4n) is 4.86. The molecule has 1 aliphatic rings. The van der Waals surface area contributed by atoms with Crippen molar-refractivity contribution in [2.24, 2.45) is 0 Å². The van der Waals surface area contributed by atoms with Gasteiger partial charge in [-0.1, -0.05) is 97.1 Å². The molecule has 35 heavy (non-hydrogen) atoms. The zero-order valence-electron chi connectivity index (χ0n) is 18.8. The van der Waals surface area contributed by atoms with Crippen LogP contribution in [0.15, 0.2) is 97.1 Å². The first-order valence-electron chi connectivity index (χ1n) is 11.2. The van der Waals surface area contributed by atoms with Crippen molar-refractivity contribution in [2.75, 3.05) is 0 Å². The summed E-state index contributed by atoms with van der Waals surface area (Å²) in [5, 5.41) is 0.319. The van der Waals surface area contributed by atoms with E-state index in [2.05, 4.69) is 0 Å². The van der Waals surface area contributed by atoms with Gasteiger partial charge in [-0.2, -0.15) is 22.0 Å². The number of halogens is 5. The van der Waals surface area contributed by atoms with Crippen molar-refractivity contribution < 1.29 is 22.0 Å². The number of hydrogen-bond acceptors (Lipinski definition) is 0. The van der Waals surface area contributed by atoms with E-state index in [1.165, 1.54) is 6.07 Å². The van der Waals surface area contributed by atoms with Gasteiger partial charge in [0.1, 0.15) is 0 Å². The Kier molecular flexibility index (Phi) is 5.59. The number of alkyl halides is 5. The smallest absolute Gasteiger partial charge is 0.191 e. The van der Waals surface area contributed by atoms with Gasteiger partial charge in [-0.05, 0) is 62.7 Å². The maximum absolute atomic E-state index is 14.7. The normalized spacial score (nSPS) is 13.8. The van der Waals surface area contributed by atoms with Gasteiger partial charge in [-0.25, -0.2) is 0 Å². The highest BCUT2D eigenvalue weighted by Gasteiger charge is 2.58. The summed E-state index contributed by atoms with van der Waals surface area (Å²) in [5.74, 6) is -4.97. The fraction of sp³-hybridized carbons (Fsp3) is 0.133. The Balaban J connectivity index is 2.03. The summed E-state index contributed by atoms with van der Waals surface area (Å²) in [7, 11) is 0. The lowest BCUT2D eigenvalue weighted by Crippen LogP contribution is -2.43. The van der Waals surface area contributed by atoms with Crippen LogP contribution in [-0.4, -0.2) is 12.1 Å². The van der Waals surface area contributed by atoms with Crippen LogP contribution >= 0.6 is 0 Å². The van der Waals surface area contributed by atoms with Crippen LogP contribution in [0.4, 0.5) is 22.0 Å². The molecule has 0 amide bonds. The first-order valence-corrected chi connectivity index (χ1v) is 11.2. The molecule has 0 saturated carbocycles. The third-order valence-corrected chi connectivity index (χ3v) is 6.59. The van der Waals surface area contributed by atoms with Gasteiger partial charge < -0.3 is 0 Å². The van der Waals surface area contributed by atoms with Crippen LogP contribution in [0.3, 0.4) is 0 Å². The number of hydrogen-bond donors (Lipinski definition) is 0. The van der Waals surface area contributed by atoms with Crippen molar-refractivity contribution in [1.29, 1.82) is 0 Å². The third-order valence-electron chi connectivity index (χ3n) is 6.59. The first-order chi connectivity index (χ1) is 16.7. The average Bonchev–Trinajstić information content (AvgIpc) is 3.23. The van der Waals surface area contributed by atoms with Crippen molar-refractivity contribution in [3.05, 3.63) is 130 Å². The fourth-order valence-corrected chi connectivity index (χ4v) is 4.86. The molecule has 0 nitrogen and oxygen atoms in total. The molecule has 0 N–H and O–H groups in total. The van der Waals surface area contributed by atoms with Crippen LogP contribution in [0.5, 0.6) is 0 Å². The standard InChI is InChI=1S/C30H21F5/c1-19(29(31,32)30(33,34)35)23-16-17-25-24-15-9-8-14-22(24)18-26(25)28(23)27(20-10-4-2-5-11-20)21-12-6-3-7-13-21/h2-17H,18H2,1H3. The second kappa shape index (κ2) is 8.49. The lowest BCUT2D eigenvalue weighted by Gasteiger charge is -2.21. The summed E-state index contributed by atoms with van der Waals surface area (Å²) in [6, 6.07) is 29.2. The summed E-state index contributed by atoms with van der Waals surface area (Å²) >= 11 is 0. The Bertz CT molecular complexity index is 1470. The SMILES string of the molecule is CC(=c1ccc2c(c1=C(c1ccccc1)c1ccccc1)Cc1ccccc1-2)C(F)(F)C(F)(F)F. The second-order valence-electron chi connectivity index (χ2n) is 8.65. The van der Waals surface area contributed by atoms with Crippen LogP contribution in [0.1, 0.15) is 29.2 Å². The number of rotatable bonds is 3. The second-order valence-corrected chi connectivity index (χ2v) is 8.65. The quantitative estimate of drug-likeness (QED) is 0.249. The van der Waals surface area contributed by atoms with Crippen LogP contribution < -0.4 is 10.4 Å². The van der Waals surface area contributed by atoms with E-state index in [0.29, 0.717) is 17.2 Å². The Morgan fingerprint density at radius 2 is 1.17 bits per heavy atom. The highest BCUT2D eigenvalue weighted by atomic mass is 19.4. The van der Waals surface area contributed by atoms with E-state index in [-0.39, 0.29) is 5.22 Å². The molecule has 0 saturated heterocycles. The highest BCUT2D eigenvalue weighted by Crippen LogP contribution is 2.41. The van der Waals surface area contributed by atoms with Gasteiger partial charge in [0, 0.05) is 5.57 Å². The van der Waals surface area contributed by atoms with E-state index < -0.39 is 17.7 Å². The van der Waals surface area contributed by atoms with Crippen LogP contribution in [0.2, 0.25) is 0 Å². The van der Waals surface area contributed by atoms with Crippen LogP contribution in [0, 0.1) is 0 Å². The monoisotopic (exact) mass is 476 g/mol. The summed E-state index contributed by atoms with van der Waals surface area (Å²) in [6.45, 7) is 0.883. The van der Waals surface area contributed by atoms with Crippen molar-refractivity contribution >= 4 is 11.1 Å².